The van der Waals surface area contributed by atoms with Crippen molar-refractivity contribution >= 4 is 5.82 Å². The highest BCUT2D eigenvalue weighted by molar-refractivity contribution is 5.39. The number of aliphatic hydroxyl groups excluding tert-OH is 1. The molecule has 0 saturated heterocycles. The van der Waals surface area contributed by atoms with Crippen LogP contribution in [0.25, 0.3) is 0 Å². The summed E-state index contributed by atoms with van der Waals surface area (Å²) in [7, 11) is 0. The summed E-state index contributed by atoms with van der Waals surface area (Å²) in [6.45, 7) is -0.289. The molecule has 66 valence electrons. The SMILES string of the molecule is Nc1nc(C(F)F)ccc1CO. The van der Waals surface area contributed by atoms with E-state index < -0.39 is 6.43 Å². The molecule has 0 bridgehead atoms. The molecule has 0 aromatic carbocycles. The Bertz CT molecular complexity index is 278. The first kappa shape index (κ1) is 8.86. The predicted molar refractivity (Wildman–Crippen MR) is 39.5 cm³/mol. The molecule has 5 heteroatoms. The van der Waals surface area contributed by atoms with Crippen molar-refractivity contribution in [2.75, 3.05) is 5.73 Å². The third-order valence-corrected chi connectivity index (χ3v) is 1.43. The fourth-order valence-corrected chi connectivity index (χ4v) is 0.775. The number of rotatable bonds is 2. The van der Waals surface area contributed by atoms with E-state index in [1.54, 1.807) is 0 Å². The lowest BCUT2D eigenvalue weighted by Crippen LogP contribution is -2.00. The van der Waals surface area contributed by atoms with Crippen molar-refractivity contribution in [3.05, 3.63) is 23.4 Å². The maximum Gasteiger partial charge on any atom is 0.280 e. The first-order valence-electron chi connectivity index (χ1n) is 3.29. The average Bonchev–Trinajstić information content (AvgIpc) is 2.04. The smallest absolute Gasteiger partial charge is 0.280 e. The lowest BCUT2D eigenvalue weighted by molar-refractivity contribution is 0.146. The monoisotopic (exact) mass is 174 g/mol. The number of alkyl halides is 2. The van der Waals surface area contributed by atoms with Gasteiger partial charge in [0.25, 0.3) is 6.43 Å². The van der Waals surface area contributed by atoms with E-state index in [-0.39, 0.29) is 18.1 Å². The molecular weight excluding hydrogens is 166 g/mol. The van der Waals surface area contributed by atoms with Crippen molar-refractivity contribution in [1.29, 1.82) is 0 Å². The van der Waals surface area contributed by atoms with Gasteiger partial charge in [0.1, 0.15) is 11.5 Å². The van der Waals surface area contributed by atoms with E-state index in [4.69, 9.17) is 10.8 Å². The van der Waals surface area contributed by atoms with Crippen molar-refractivity contribution in [3.63, 3.8) is 0 Å². The van der Waals surface area contributed by atoms with Gasteiger partial charge in [-0.15, -0.1) is 0 Å². The molecule has 3 N–H and O–H groups in total. The molecule has 12 heavy (non-hydrogen) atoms. The fourth-order valence-electron chi connectivity index (χ4n) is 0.775. The second kappa shape index (κ2) is 3.44. The number of aromatic nitrogens is 1. The van der Waals surface area contributed by atoms with Gasteiger partial charge in [0.05, 0.1) is 6.61 Å². The van der Waals surface area contributed by atoms with Crippen LogP contribution in [0.2, 0.25) is 0 Å². The quantitative estimate of drug-likeness (QED) is 0.705. The zero-order valence-electron chi connectivity index (χ0n) is 6.17. The third kappa shape index (κ3) is 1.68. The largest absolute Gasteiger partial charge is 0.392 e. The minimum Gasteiger partial charge on any atom is -0.392 e. The van der Waals surface area contributed by atoms with Gasteiger partial charge >= 0.3 is 0 Å². The Kier molecular flexibility index (Phi) is 2.54. The summed E-state index contributed by atoms with van der Waals surface area (Å²) < 4.78 is 24.0. The molecule has 0 spiro atoms. The van der Waals surface area contributed by atoms with Crippen molar-refractivity contribution in [2.45, 2.75) is 13.0 Å². The molecule has 1 aromatic heterocycles. The molecule has 0 saturated carbocycles. The minimum atomic E-state index is -2.62. The van der Waals surface area contributed by atoms with E-state index in [0.717, 1.165) is 6.07 Å². The van der Waals surface area contributed by atoms with E-state index in [9.17, 15) is 8.78 Å². The zero-order valence-corrected chi connectivity index (χ0v) is 6.17. The van der Waals surface area contributed by atoms with Gasteiger partial charge in [-0.1, -0.05) is 6.07 Å². The third-order valence-electron chi connectivity index (χ3n) is 1.43. The molecule has 0 unspecified atom stereocenters. The van der Waals surface area contributed by atoms with Gasteiger partial charge in [-0.05, 0) is 6.07 Å². The molecule has 1 heterocycles. The topological polar surface area (TPSA) is 59.1 Å². The van der Waals surface area contributed by atoms with Gasteiger partial charge in [0.2, 0.25) is 0 Å². The number of aliphatic hydroxyl groups is 1. The number of nitrogen functional groups attached to an aromatic ring is 1. The van der Waals surface area contributed by atoms with Gasteiger partial charge in [-0.3, -0.25) is 0 Å². The van der Waals surface area contributed by atoms with Crippen LogP contribution in [0.5, 0.6) is 0 Å². The second-order valence-electron chi connectivity index (χ2n) is 2.24. The van der Waals surface area contributed by atoms with E-state index in [1.165, 1.54) is 6.07 Å². The van der Waals surface area contributed by atoms with Gasteiger partial charge in [0.15, 0.2) is 0 Å². The molecule has 3 nitrogen and oxygen atoms in total. The summed E-state index contributed by atoms with van der Waals surface area (Å²) in [6, 6.07) is 2.48. The lowest BCUT2D eigenvalue weighted by Gasteiger charge is -2.03. The van der Waals surface area contributed by atoms with Crippen LogP contribution in [0.4, 0.5) is 14.6 Å². The van der Waals surface area contributed by atoms with Gasteiger partial charge < -0.3 is 10.8 Å². The van der Waals surface area contributed by atoms with Crippen LogP contribution in [0, 0.1) is 0 Å². The van der Waals surface area contributed by atoms with Crippen LogP contribution in [-0.2, 0) is 6.61 Å². The zero-order chi connectivity index (χ0) is 9.14. The van der Waals surface area contributed by atoms with Crippen LogP contribution >= 0.6 is 0 Å². The van der Waals surface area contributed by atoms with Crippen LogP contribution < -0.4 is 5.73 Å². The lowest BCUT2D eigenvalue weighted by atomic mass is 10.2. The number of pyridine rings is 1. The average molecular weight is 174 g/mol. The number of anilines is 1. The summed E-state index contributed by atoms with van der Waals surface area (Å²) in [4.78, 5) is 3.41. The van der Waals surface area contributed by atoms with Gasteiger partial charge in [-0.25, -0.2) is 13.8 Å². The van der Waals surface area contributed by atoms with Crippen molar-refractivity contribution < 1.29 is 13.9 Å². The summed E-state index contributed by atoms with van der Waals surface area (Å²) in [6.07, 6.45) is -2.62. The molecule has 0 aliphatic rings. The van der Waals surface area contributed by atoms with E-state index in [1.807, 2.05) is 0 Å². The Morgan fingerprint density at radius 3 is 2.58 bits per heavy atom. The molecule has 0 fully saturated rings. The highest BCUT2D eigenvalue weighted by atomic mass is 19.3. The molecular formula is C7H8F2N2O. The van der Waals surface area contributed by atoms with Crippen LogP contribution in [0.1, 0.15) is 17.7 Å². The maximum absolute atomic E-state index is 12.0. The van der Waals surface area contributed by atoms with Gasteiger partial charge in [0, 0.05) is 5.56 Å². The maximum atomic E-state index is 12.0. The molecule has 1 aromatic rings. The number of hydrogen-bond acceptors (Lipinski definition) is 3. The molecule has 0 aliphatic heterocycles. The number of hydrogen-bond donors (Lipinski definition) is 2. The summed E-state index contributed by atoms with van der Waals surface area (Å²) in [5.41, 5.74) is 5.26. The highest BCUT2D eigenvalue weighted by Crippen LogP contribution is 2.19. The minimum absolute atomic E-state index is 0.0460. The van der Waals surface area contributed by atoms with E-state index >= 15 is 0 Å². The van der Waals surface area contributed by atoms with Crippen molar-refractivity contribution in [3.8, 4) is 0 Å². The van der Waals surface area contributed by atoms with Crippen LogP contribution in [0.3, 0.4) is 0 Å². The molecule has 0 aliphatic carbocycles. The van der Waals surface area contributed by atoms with Crippen molar-refractivity contribution in [1.82, 2.24) is 4.98 Å². The van der Waals surface area contributed by atoms with Crippen LogP contribution in [0.15, 0.2) is 12.1 Å². The highest BCUT2D eigenvalue weighted by Gasteiger charge is 2.10. The molecule has 0 amide bonds. The standard InChI is InChI=1S/C7H8F2N2O/c8-6(9)5-2-1-4(3-12)7(10)11-5/h1-2,6,12H,3H2,(H2,10,11). The van der Waals surface area contributed by atoms with Gasteiger partial charge in [-0.2, -0.15) is 0 Å². The Morgan fingerprint density at radius 1 is 1.50 bits per heavy atom. The molecule has 1 rings (SSSR count). The fraction of sp³-hybridized carbons (Fsp3) is 0.286. The number of halogens is 2. The second-order valence-corrected chi connectivity index (χ2v) is 2.24. The Hall–Kier alpha value is -1.23. The number of nitrogens with two attached hydrogens (primary N) is 1. The predicted octanol–water partition coefficient (Wildman–Crippen LogP) is 1.09. The molecule has 0 atom stereocenters. The van der Waals surface area contributed by atoms with E-state index in [2.05, 4.69) is 4.98 Å². The summed E-state index contributed by atoms with van der Waals surface area (Å²) >= 11 is 0. The first-order valence-corrected chi connectivity index (χ1v) is 3.29. The Balaban J connectivity index is 3.02. The summed E-state index contributed by atoms with van der Waals surface area (Å²) in [5, 5.41) is 8.64. The first-order chi connectivity index (χ1) is 5.65. The molecule has 0 radical (unpaired) electrons. The van der Waals surface area contributed by atoms with E-state index in [0.29, 0.717) is 5.56 Å². The normalized spacial score (nSPS) is 10.7. The van der Waals surface area contributed by atoms with Crippen molar-refractivity contribution in [2.24, 2.45) is 0 Å². The number of nitrogens with zero attached hydrogens (tertiary/aromatic N) is 1. The van der Waals surface area contributed by atoms with Crippen LogP contribution in [-0.4, -0.2) is 10.1 Å². The Labute approximate surface area is 67.8 Å². The Morgan fingerprint density at radius 2 is 2.17 bits per heavy atom. The summed E-state index contributed by atoms with van der Waals surface area (Å²) in [5.74, 6) is -0.0460.